The number of carbonyl (C=O) groups is 3. The molecule has 3 heterocycles. The highest BCUT2D eigenvalue weighted by Gasteiger charge is 2.39. The number of fused-ring (bicyclic) bond motifs is 2. The quantitative estimate of drug-likeness (QED) is 0.739. The van der Waals surface area contributed by atoms with Crippen LogP contribution in [0.15, 0.2) is 18.2 Å². The lowest BCUT2D eigenvalue weighted by molar-refractivity contribution is -0.140. The molecule has 0 aromatic heterocycles. The Kier molecular flexibility index (Phi) is 7.19. The maximum Gasteiger partial charge on any atom is 0.257 e. The molecule has 2 fully saturated rings. The van der Waals surface area contributed by atoms with Crippen molar-refractivity contribution in [2.75, 3.05) is 46.3 Å². The molecule has 9 nitrogen and oxygen atoms in total. The largest absolute Gasteiger partial charge is 0.490 e. The molecule has 3 atom stereocenters. The van der Waals surface area contributed by atoms with E-state index in [1.807, 2.05) is 0 Å². The number of amides is 3. The molecule has 1 aromatic rings. The van der Waals surface area contributed by atoms with Gasteiger partial charge >= 0.3 is 0 Å². The van der Waals surface area contributed by atoms with Crippen molar-refractivity contribution < 1.29 is 28.6 Å². The Morgan fingerprint density at radius 3 is 2.64 bits per heavy atom. The standard InChI is InChI=1S/C24H33N3O6/c1-26(2)22(28)13-17-5-6-19-21(33-17)14-32-20-7-4-16(12-18(20)24(30)27(19)3)25-23(29)15-8-10-31-11-9-15/h4,7,12,15,17,19,21H,5-6,8-11,13-14H2,1-3H3,(H,25,29)/t17-,19-,21+/m1/s1. The Balaban J connectivity index is 1.47. The number of hydrogen-bond donors (Lipinski definition) is 1. The normalized spacial score (nSPS) is 25.7. The number of likely N-dealkylation sites (N-methyl/N-ethyl adjacent to an activating group) is 1. The van der Waals surface area contributed by atoms with E-state index in [0.29, 0.717) is 55.9 Å². The van der Waals surface area contributed by atoms with Gasteiger partial charge in [-0.3, -0.25) is 14.4 Å². The van der Waals surface area contributed by atoms with Crippen molar-refractivity contribution in [3.63, 3.8) is 0 Å². The Morgan fingerprint density at radius 1 is 1.15 bits per heavy atom. The molecule has 3 amide bonds. The van der Waals surface area contributed by atoms with Crippen LogP contribution < -0.4 is 10.1 Å². The Bertz CT molecular complexity index is 898. The van der Waals surface area contributed by atoms with Crippen LogP contribution in [0.4, 0.5) is 5.69 Å². The number of nitrogens with zero attached hydrogens (tertiary/aromatic N) is 2. The molecule has 1 N–H and O–H groups in total. The van der Waals surface area contributed by atoms with Crippen molar-refractivity contribution in [1.82, 2.24) is 9.80 Å². The summed E-state index contributed by atoms with van der Waals surface area (Å²) in [6.07, 6.45) is 2.66. The summed E-state index contributed by atoms with van der Waals surface area (Å²) in [5.41, 5.74) is 1.00. The number of rotatable bonds is 4. The monoisotopic (exact) mass is 459 g/mol. The zero-order valence-corrected chi connectivity index (χ0v) is 19.5. The zero-order chi connectivity index (χ0) is 23.5. The smallest absolute Gasteiger partial charge is 0.257 e. The fraction of sp³-hybridized carbons (Fsp3) is 0.625. The maximum atomic E-state index is 13.3. The number of carbonyl (C=O) groups excluding carboxylic acids is 3. The molecule has 2 saturated heterocycles. The minimum Gasteiger partial charge on any atom is -0.490 e. The SMILES string of the molecule is CN(C)C(=O)C[C@H]1CC[C@@H]2[C@H](COc3ccc(NC(=O)C4CCOCC4)cc3C(=O)N2C)O1. The number of anilines is 1. The van der Waals surface area contributed by atoms with Crippen LogP contribution in [0, 0.1) is 5.92 Å². The minimum absolute atomic E-state index is 0.0234. The highest BCUT2D eigenvalue weighted by molar-refractivity contribution is 6.00. The first-order chi connectivity index (χ1) is 15.8. The molecule has 0 unspecified atom stereocenters. The van der Waals surface area contributed by atoms with Crippen LogP contribution in [0.5, 0.6) is 5.75 Å². The van der Waals surface area contributed by atoms with Gasteiger partial charge in [-0.15, -0.1) is 0 Å². The molecule has 4 rings (SSSR count). The van der Waals surface area contributed by atoms with E-state index in [2.05, 4.69) is 5.32 Å². The van der Waals surface area contributed by atoms with Gasteiger partial charge < -0.3 is 29.3 Å². The molecule has 1 aromatic carbocycles. The average Bonchev–Trinajstić information content (AvgIpc) is 2.82. The van der Waals surface area contributed by atoms with Gasteiger partial charge in [-0.2, -0.15) is 0 Å². The van der Waals surface area contributed by atoms with Crippen molar-refractivity contribution in [1.29, 1.82) is 0 Å². The molecule has 0 radical (unpaired) electrons. The van der Waals surface area contributed by atoms with Gasteiger partial charge in [-0.1, -0.05) is 0 Å². The van der Waals surface area contributed by atoms with E-state index in [1.165, 1.54) is 0 Å². The minimum atomic E-state index is -0.311. The summed E-state index contributed by atoms with van der Waals surface area (Å²) >= 11 is 0. The van der Waals surface area contributed by atoms with Gasteiger partial charge in [0, 0.05) is 46.0 Å². The molecule has 0 saturated carbocycles. The molecule has 33 heavy (non-hydrogen) atoms. The van der Waals surface area contributed by atoms with E-state index in [1.54, 1.807) is 49.1 Å². The van der Waals surface area contributed by atoms with Crippen LogP contribution in [0.1, 0.15) is 42.5 Å². The van der Waals surface area contributed by atoms with E-state index in [9.17, 15) is 14.4 Å². The third kappa shape index (κ3) is 5.30. The van der Waals surface area contributed by atoms with Crippen LogP contribution in [-0.4, -0.2) is 86.7 Å². The summed E-state index contributed by atoms with van der Waals surface area (Å²) in [5.74, 6) is 0.181. The summed E-state index contributed by atoms with van der Waals surface area (Å²) in [5, 5.41) is 2.94. The van der Waals surface area contributed by atoms with Crippen LogP contribution >= 0.6 is 0 Å². The fourth-order valence-electron chi connectivity index (χ4n) is 4.69. The van der Waals surface area contributed by atoms with E-state index in [-0.39, 0.29) is 48.5 Å². The summed E-state index contributed by atoms with van der Waals surface area (Å²) < 4.78 is 17.5. The third-order valence-electron chi connectivity index (χ3n) is 6.77. The van der Waals surface area contributed by atoms with Gasteiger partial charge in [0.25, 0.3) is 5.91 Å². The van der Waals surface area contributed by atoms with Crippen LogP contribution in [0.2, 0.25) is 0 Å². The van der Waals surface area contributed by atoms with Crippen LogP contribution in [0.3, 0.4) is 0 Å². The second-order valence-electron chi connectivity index (χ2n) is 9.25. The molecule has 180 valence electrons. The lowest BCUT2D eigenvalue weighted by Gasteiger charge is -2.42. The first-order valence-electron chi connectivity index (χ1n) is 11.6. The first kappa shape index (κ1) is 23.5. The van der Waals surface area contributed by atoms with Gasteiger partial charge in [-0.05, 0) is 43.9 Å². The molecule has 0 spiro atoms. The fourth-order valence-corrected chi connectivity index (χ4v) is 4.69. The van der Waals surface area contributed by atoms with Gasteiger partial charge in [0.15, 0.2) is 0 Å². The summed E-state index contributed by atoms with van der Waals surface area (Å²) in [6, 6.07) is 5.02. The third-order valence-corrected chi connectivity index (χ3v) is 6.77. The summed E-state index contributed by atoms with van der Waals surface area (Å²) in [6.45, 7) is 1.47. The number of ether oxygens (including phenoxy) is 3. The molecule has 0 aliphatic carbocycles. The summed E-state index contributed by atoms with van der Waals surface area (Å²) in [4.78, 5) is 41.3. The van der Waals surface area contributed by atoms with E-state index >= 15 is 0 Å². The van der Waals surface area contributed by atoms with Gasteiger partial charge in [0.2, 0.25) is 11.8 Å². The molecular weight excluding hydrogens is 426 g/mol. The second kappa shape index (κ2) is 10.1. The van der Waals surface area contributed by atoms with E-state index in [4.69, 9.17) is 14.2 Å². The molecule has 3 aliphatic rings. The van der Waals surface area contributed by atoms with Crippen molar-refractivity contribution in [3.05, 3.63) is 23.8 Å². The Hall–Kier alpha value is -2.65. The molecule has 0 bridgehead atoms. The van der Waals surface area contributed by atoms with Gasteiger partial charge in [-0.25, -0.2) is 0 Å². The van der Waals surface area contributed by atoms with Crippen molar-refractivity contribution >= 4 is 23.4 Å². The molecule has 3 aliphatic heterocycles. The van der Waals surface area contributed by atoms with Gasteiger partial charge in [0.1, 0.15) is 18.5 Å². The maximum absolute atomic E-state index is 13.3. The van der Waals surface area contributed by atoms with Crippen LogP contribution in [0.25, 0.3) is 0 Å². The first-order valence-corrected chi connectivity index (χ1v) is 11.6. The van der Waals surface area contributed by atoms with E-state index < -0.39 is 0 Å². The molecule has 9 heteroatoms. The second-order valence-corrected chi connectivity index (χ2v) is 9.25. The van der Waals surface area contributed by atoms with Crippen molar-refractivity contribution in [2.24, 2.45) is 5.92 Å². The Labute approximate surface area is 194 Å². The number of nitrogens with one attached hydrogen (secondary N) is 1. The highest BCUT2D eigenvalue weighted by atomic mass is 16.5. The van der Waals surface area contributed by atoms with E-state index in [0.717, 1.165) is 6.42 Å². The average molecular weight is 460 g/mol. The number of hydrogen-bond acceptors (Lipinski definition) is 6. The highest BCUT2D eigenvalue weighted by Crippen LogP contribution is 2.33. The summed E-state index contributed by atoms with van der Waals surface area (Å²) in [7, 11) is 5.24. The van der Waals surface area contributed by atoms with Crippen molar-refractivity contribution in [3.8, 4) is 5.75 Å². The zero-order valence-electron chi connectivity index (χ0n) is 19.5. The van der Waals surface area contributed by atoms with Crippen molar-refractivity contribution in [2.45, 2.75) is 50.4 Å². The Morgan fingerprint density at radius 2 is 1.91 bits per heavy atom. The van der Waals surface area contributed by atoms with Crippen LogP contribution in [-0.2, 0) is 19.1 Å². The predicted molar refractivity (Wildman–Crippen MR) is 121 cm³/mol. The predicted octanol–water partition coefficient (Wildman–Crippen LogP) is 1.91. The van der Waals surface area contributed by atoms with Gasteiger partial charge in [0.05, 0.1) is 24.1 Å². The lowest BCUT2D eigenvalue weighted by atomic mass is 9.94. The molecular formula is C24H33N3O6. The lowest BCUT2D eigenvalue weighted by Crippen LogP contribution is -2.53. The topological polar surface area (TPSA) is 97.4 Å². The number of benzene rings is 1.